The maximum atomic E-state index is 6.00. The Balaban J connectivity index is 1.71. The van der Waals surface area contributed by atoms with Crippen molar-refractivity contribution in [2.24, 2.45) is 4.99 Å². The summed E-state index contributed by atoms with van der Waals surface area (Å²) in [5.41, 5.74) is 4.24. The molecule has 0 fully saturated rings. The van der Waals surface area contributed by atoms with Gasteiger partial charge in [0.2, 0.25) is 5.13 Å². The summed E-state index contributed by atoms with van der Waals surface area (Å²) in [6.07, 6.45) is 2.64. The first-order chi connectivity index (χ1) is 11.7. The van der Waals surface area contributed by atoms with Gasteiger partial charge in [-0.3, -0.25) is 0 Å². The van der Waals surface area contributed by atoms with Gasteiger partial charge < -0.3 is 4.74 Å². The Morgan fingerprint density at radius 1 is 1.33 bits per heavy atom. The number of aliphatic imine (C=N–C) groups is 1. The normalized spacial score (nSPS) is 12.5. The van der Waals surface area contributed by atoms with Crippen LogP contribution in [0, 0.1) is 0 Å². The second-order valence-electron chi connectivity index (χ2n) is 5.36. The highest BCUT2D eigenvalue weighted by Gasteiger charge is 2.28. The largest absolute Gasteiger partial charge is 0.496 e. The van der Waals surface area contributed by atoms with Crippen LogP contribution in [0.4, 0.5) is 5.13 Å². The molecule has 0 saturated heterocycles. The van der Waals surface area contributed by atoms with Gasteiger partial charge in [0.1, 0.15) is 5.75 Å². The third-order valence-electron chi connectivity index (χ3n) is 3.87. The minimum absolute atomic E-state index is 0.698. The molecule has 24 heavy (non-hydrogen) atoms. The van der Waals surface area contributed by atoms with E-state index < -0.39 is 0 Å². The quantitative estimate of drug-likeness (QED) is 0.388. The minimum atomic E-state index is 0.698. The molecule has 0 spiro atoms. The number of methoxy groups -OCH3 is 1. The summed E-state index contributed by atoms with van der Waals surface area (Å²) in [5, 5.41) is 1.44. The molecule has 3 nitrogen and oxygen atoms in total. The molecule has 2 aromatic carbocycles. The molecule has 1 aromatic heterocycles. The van der Waals surface area contributed by atoms with Gasteiger partial charge in [-0.25, -0.2) is 9.98 Å². The molecule has 1 aliphatic carbocycles. The van der Waals surface area contributed by atoms with Crippen LogP contribution in [0.2, 0.25) is 5.02 Å². The molecule has 0 saturated carbocycles. The van der Waals surface area contributed by atoms with Gasteiger partial charge in [0.15, 0.2) is 0 Å². The number of halogens is 2. The van der Waals surface area contributed by atoms with Crippen molar-refractivity contribution < 1.29 is 4.74 Å². The molecule has 1 aliphatic rings. The number of benzene rings is 2. The zero-order valence-electron chi connectivity index (χ0n) is 12.7. The number of aromatic nitrogens is 1. The highest BCUT2D eigenvalue weighted by Crippen LogP contribution is 2.48. The number of hydrogen-bond donors (Lipinski definition) is 0. The van der Waals surface area contributed by atoms with Gasteiger partial charge in [0.25, 0.3) is 0 Å². The van der Waals surface area contributed by atoms with E-state index in [1.54, 1.807) is 24.7 Å². The molecule has 0 unspecified atom stereocenters. The lowest BCUT2D eigenvalue weighted by Gasteiger charge is -2.08. The maximum absolute atomic E-state index is 6.00. The van der Waals surface area contributed by atoms with Crippen LogP contribution in [0.15, 0.2) is 45.9 Å². The van der Waals surface area contributed by atoms with Gasteiger partial charge in [0, 0.05) is 32.6 Å². The van der Waals surface area contributed by atoms with Crippen LogP contribution in [-0.2, 0) is 6.42 Å². The fraction of sp³-hybridized carbons (Fsp3) is 0.111. The van der Waals surface area contributed by atoms with E-state index in [9.17, 15) is 0 Å². The average Bonchev–Trinajstić information content (AvgIpc) is 3.12. The summed E-state index contributed by atoms with van der Waals surface area (Å²) in [4.78, 5) is 10.4. The first-order valence-corrected chi connectivity index (χ1v) is 9.29. The van der Waals surface area contributed by atoms with Gasteiger partial charge in [-0.15, -0.1) is 0 Å². The van der Waals surface area contributed by atoms with Crippen LogP contribution >= 0.6 is 38.9 Å². The smallest absolute Gasteiger partial charge is 0.209 e. The number of thiazole rings is 1. The van der Waals surface area contributed by atoms with Gasteiger partial charge in [-0.1, -0.05) is 51.0 Å². The number of ether oxygens (including phenoxy) is 1. The monoisotopic (exact) mass is 418 g/mol. The Morgan fingerprint density at radius 2 is 2.21 bits per heavy atom. The molecule has 3 aromatic rings. The first-order valence-electron chi connectivity index (χ1n) is 7.31. The summed E-state index contributed by atoms with van der Waals surface area (Å²) in [7, 11) is 1.69. The summed E-state index contributed by atoms with van der Waals surface area (Å²) >= 11 is 11.2. The molecule has 0 bridgehead atoms. The Kier molecular flexibility index (Phi) is 4.16. The second-order valence-corrected chi connectivity index (χ2v) is 7.71. The van der Waals surface area contributed by atoms with Crippen molar-refractivity contribution in [3.63, 3.8) is 0 Å². The molecule has 0 amide bonds. The SMILES string of the molecule is COc1ccc(Br)c2c1-c1nc(N=Cc3cccc(Cl)c3)sc1C2. The number of nitrogens with zero attached hydrogens (tertiary/aromatic N) is 2. The predicted molar refractivity (Wildman–Crippen MR) is 103 cm³/mol. The van der Waals surface area contributed by atoms with E-state index >= 15 is 0 Å². The Morgan fingerprint density at radius 3 is 3.00 bits per heavy atom. The molecule has 120 valence electrons. The third kappa shape index (κ3) is 2.77. The van der Waals surface area contributed by atoms with Crippen molar-refractivity contribution >= 4 is 50.2 Å². The van der Waals surface area contributed by atoms with E-state index in [4.69, 9.17) is 21.3 Å². The van der Waals surface area contributed by atoms with Crippen LogP contribution in [-0.4, -0.2) is 18.3 Å². The highest BCUT2D eigenvalue weighted by molar-refractivity contribution is 9.10. The van der Waals surface area contributed by atoms with E-state index in [0.29, 0.717) is 5.02 Å². The molecule has 4 rings (SSSR count). The molecule has 0 N–H and O–H groups in total. The van der Waals surface area contributed by atoms with E-state index in [2.05, 4.69) is 20.9 Å². The van der Waals surface area contributed by atoms with Crippen molar-refractivity contribution in [3.8, 4) is 17.0 Å². The summed E-state index contributed by atoms with van der Waals surface area (Å²) in [6.45, 7) is 0. The van der Waals surface area contributed by atoms with Gasteiger partial charge in [0.05, 0.1) is 12.8 Å². The maximum Gasteiger partial charge on any atom is 0.209 e. The van der Waals surface area contributed by atoms with E-state index in [1.807, 2.05) is 36.4 Å². The van der Waals surface area contributed by atoms with Crippen molar-refractivity contribution in [1.82, 2.24) is 4.98 Å². The summed E-state index contributed by atoms with van der Waals surface area (Å²) in [5.74, 6) is 0.850. The Hall–Kier alpha value is -1.69. The molecular weight excluding hydrogens is 408 g/mol. The first kappa shape index (κ1) is 15.8. The zero-order chi connectivity index (χ0) is 16.7. The summed E-state index contributed by atoms with van der Waals surface area (Å²) < 4.78 is 6.60. The lowest BCUT2D eigenvalue weighted by atomic mass is 10.1. The molecule has 0 radical (unpaired) electrons. The minimum Gasteiger partial charge on any atom is -0.496 e. The molecule has 0 atom stereocenters. The lowest BCUT2D eigenvalue weighted by molar-refractivity contribution is 0.416. The van der Waals surface area contributed by atoms with Crippen LogP contribution in [0.1, 0.15) is 16.0 Å². The Bertz CT molecular complexity index is 968. The molecule has 1 heterocycles. The van der Waals surface area contributed by atoms with Crippen molar-refractivity contribution in [1.29, 1.82) is 0 Å². The van der Waals surface area contributed by atoms with Crippen LogP contribution in [0.3, 0.4) is 0 Å². The van der Waals surface area contributed by atoms with Crippen LogP contribution in [0.5, 0.6) is 5.75 Å². The number of fused-ring (bicyclic) bond motifs is 3. The average molecular weight is 420 g/mol. The van der Waals surface area contributed by atoms with Crippen LogP contribution in [0.25, 0.3) is 11.3 Å². The fourth-order valence-corrected chi connectivity index (χ4v) is 4.38. The standard InChI is InChI=1S/C18H12BrClN2OS/c1-23-14-6-5-13(19)12-8-15-17(16(12)14)22-18(24-15)21-9-10-3-2-4-11(20)7-10/h2-7,9H,8H2,1H3. The van der Waals surface area contributed by atoms with Gasteiger partial charge in [-0.05, 0) is 35.4 Å². The predicted octanol–water partition coefficient (Wildman–Crippen LogP) is 5.89. The topological polar surface area (TPSA) is 34.5 Å². The lowest BCUT2D eigenvalue weighted by Crippen LogP contribution is -1.90. The van der Waals surface area contributed by atoms with E-state index in [0.717, 1.165) is 38.6 Å². The third-order valence-corrected chi connectivity index (χ3v) is 5.81. The van der Waals surface area contributed by atoms with Crippen LogP contribution < -0.4 is 4.74 Å². The zero-order valence-corrected chi connectivity index (χ0v) is 15.9. The van der Waals surface area contributed by atoms with E-state index in [-0.39, 0.29) is 0 Å². The van der Waals surface area contributed by atoms with Gasteiger partial charge in [-0.2, -0.15) is 0 Å². The van der Waals surface area contributed by atoms with E-state index in [1.165, 1.54) is 10.4 Å². The highest BCUT2D eigenvalue weighted by atomic mass is 79.9. The van der Waals surface area contributed by atoms with Crippen molar-refractivity contribution in [2.75, 3.05) is 7.11 Å². The van der Waals surface area contributed by atoms with Crippen molar-refractivity contribution in [3.05, 3.63) is 61.9 Å². The Labute approximate surface area is 157 Å². The molecule has 0 aliphatic heterocycles. The number of rotatable bonds is 3. The molecular formula is C18H12BrClN2OS. The number of hydrogen-bond acceptors (Lipinski definition) is 4. The second kappa shape index (κ2) is 6.31. The van der Waals surface area contributed by atoms with Gasteiger partial charge >= 0.3 is 0 Å². The fourth-order valence-electron chi connectivity index (χ4n) is 2.79. The molecule has 6 heteroatoms. The van der Waals surface area contributed by atoms with Crippen molar-refractivity contribution in [2.45, 2.75) is 6.42 Å². The summed E-state index contributed by atoms with van der Waals surface area (Å²) in [6, 6.07) is 11.6.